The number of hydrogen-bond donors (Lipinski definition) is 3. The third-order valence-electron chi connectivity index (χ3n) is 7.78. The fourth-order valence-electron chi connectivity index (χ4n) is 5.13. The summed E-state index contributed by atoms with van der Waals surface area (Å²) in [5, 5.41) is 28.9. The molecule has 0 fully saturated rings. The molecule has 2 atom stereocenters. The lowest BCUT2D eigenvalue weighted by Gasteiger charge is -2.19. The summed E-state index contributed by atoms with van der Waals surface area (Å²) in [6, 6.07) is 0. The van der Waals surface area contributed by atoms with E-state index in [0.29, 0.717) is 12.8 Å². The van der Waals surface area contributed by atoms with Crippen molar-refractivity contribution in [1.29, 1.82) is 0 Å². The Hall–Kier alpha value is -2.37. The summed E-state index contributed by atoms with van der Waals surface area (Å²) in [5.41, 5.74) is 0.119. The molecular weight excluding hydrogens is 504 g/mol. The SMILES string of the molecule is C=C(C(=O)O)C(C=C(C(=O)O)C(C=C(C)C(=O)O)CCCCCCCCCCCCCCCCCC)CCCC. The summed E-state index contributed by atoms with van der Waals surface area (Å²) in [5.74, 6) is -4.56. The number of carboxylic acids is 3. The first-order valence-corrected chi connectivity index (χ1v) is 15.9. The predicted octanol–water partition coefficient (Wildman–Crippen LogP) is 9.74. The van der Waals surface area contributed by atoms with E-state index in [1.807, 2.05) is 6.92 Å². The van der Waals surface area contributed by atoms with Crippen molar-refractivity contribution in [1.82, 2.24) is 0 Å². The quantitative estimate of drug-likeness (QED) is 0.0678. The minimum atomic E-state index is -1.14. The van der Waals surface area contributed by atoms with Gasteiger partial charge in [-0.15, -0.1) is 0 Å². The van der Waals surface area contributed by atoms with Crippen molar-refractivity contribution < 1.29 is 29.7 Å². The Morgan fingerprint density at radius 1 is 0.550 bits per heavy atom. The molecule has 0 aromatic heterocycles. The molecule has 0 spiro atoms. The first-order chi connectivity index (χ1) is 19.1. The van der Waals surface area contributed by atoms with Gasteiger partial charge in [0.15, 0.2) is 0 Å². The number of aliphatic carboxylic acids is 3. The van der Waals surface area contributed by atoms with Gasteiger partial charge in [0.25, 0.3) is 0 Å². The van der Waals surface area contributed by atoms with Crippen molar-refractivity contribution >= 4 is 17.9 Å². The van der Waals surface area contributed by atoms with Gasteiger partial charge in [-0.25, -0.2) is 14.4 Å². The van der Waals surface area contributed by atoms with Gasteiger partial charge in [0.2, 0.25) is 0 Å². The maximum Gasteiger partial charge on any atom is 0.331 e. The third-order valence-corrected chi connectivity index (χ3v) is 7.78. The molecule has 0 aromatic rings. The van der Waals surface area contributed by atoms with Gasteiger partial charge in [0.1, 0.15) is 0 Å². The average molecular weight is 563 g/mol. The fourth-order valence-corrected chi connectivity index (χ4v) is 5.13. The molecule has 0 aliphatic carbocycles. The summed E-state index contributed by atoms with van der Waals surface area (Å²) in [6.07, 6.45) is 25.6. The Bertz CT molecular complexity index is 794. The fraction of sp³-hybridized carbons (Fsp3) is 0.735. The smallest absolute Gasteiger partial charge is 0.331 e. The average Bonchev–Trinajstić information content (AvgIpc) is 2.91. The first-order valence-electron chi connectivity index (χ1n) is 15.9. The molecule has 230 valence electrons. The number of carboxylic acid groups (broad SMARTS) is 3. The van der Waals surface area contributed by atoms with Crippen LogP contribution in [0.5, 0.6) is 0 Å². The second-order valence-electron chi connectivity index (χ2n) is 11.4. The van der Waals surface area contributed by atoms with Crippen LogP contribution in [0, 0.1) is 11.8 Å². The van der Waals surface area contributed by atoms with E-state index in [1.165, 1.54) is 96.1 Å². The van der Waals surface area contributed by atoms with Gasteiger partial charge in [-0.1, -0.05) is 148 Å². The molecule has 2 unspecified atom stereocenters. The van der Waals surface area contributed by atoms with E-state index in [9.17, 15) is 29.7 Å². The Labute approximate surface area is 244 Å². The number of allylic oxidation sites excluding steroid dienone is 2. The predicted molar refractivity (Wildman–Crippen MR) is 165 cm³/mol. The lowest BCUT2D eigenvalue weighted by Crippen LogP contribution is -2.17. The van der Waals surface area contributed by atoms with E-state index < -0.39 is 29.7 Å². The van der Waals surface area contributed by atoms with Crippen LogP contribution in [-0.4, -0.2) is 33.2 Å². The highest BCUT2D eigenvalue weighted by molar-refractivity contribution is 5.91. The molecule has 0 rings (SSSR count). The van der Waals surface area contributed by atoms with Crippen molar-refractivity contribution in [3.63, 3.8) is 0 Å². The molecule has 0 aliphatic heterocycles. The zero-order valence-corrected chi connectivity index (χ0v) is 25.7. The van der Waals surface area contributed by atoms with Crippen LogP contribution < -0.4 is 0 Å². The lowest BCUT2D eigenvalue weighted by atomic mass is 9.85. The van der Waals surface area contributed by atoms with E-state index in [2.05, 4.69) is 13.5 Å². The second-order valence-corrected chi connectivity index (χ2v) is 11.4. The molecule has 0 radical (unpaired) electrons. The molecular formula is C34H58O6. The van der Waals surface area contributed by atoms with Gasteiger partial charge in [-0.3, -0.25) is 0 Å². The first kappa shape index (κ1) is 37.6. The molecule has 0 heterocycles. The molecule has 3 N–H and O–H groups in total. The van der Waals surface area contributed by atoms with Crippen molar-refractivity contribution in [2.75, 3.05) is 0 Å². The van der Waals surface area contributed by atoms with Crippen molar-refractivity contribution in [3.05, 3.63) is 35.5 Å². The number of hydrogen-bond acceptors (Lipinski definition) is 3. The number of carbonyl (C=O) groups is 3. The van der Waals surface area contributed by atoms with Gasteiger partial charge in [0, 0.05) is 28.6 Å². The molecule has 6 heteroatoms. The highest BCUT2D eigenvalue weighted by atomic mass is 16.4. The van der Waals surface area contributed by atoms with Gasteiger partial charge in [-0.05, 0) is 19.8 Å². The molecule has 0 saturated heterocycles. The second kappa shape index (κ2) is 24.4. The van der Waals surface area contributed by atoms with Gasteiger partial charge in [0.05, 0.1) is 0 Å². The standard InChI is InChI=1S/C34H58O6/c1-5-7-9-10-11-12-13-14-15-16-17-18-19-20-21-22-24-30(25-27(3)32(35)36)31(34(39)40)26-29(23-8-6-2)28(4)33(37)38/h25-26,29-30H,4-24H2,1-3H3,(H,35,36)(H,37,38)(H,39,40). The van der Waals surface area contributed by atoms with Gasteiger partial charge < -0.3 is 15.3 Å². The van der Waals surface area contributed by atoms with E-state index in [4.69, 9.17) is 0 Å². The largest absolute Gasteiger partial charge is 0.478 e. The monoisotopic (exact) mass is 562 g/mol. The molecule has 0 amide bonds. The van der Waals surface area contributed by atoms with E-state index in [-0.39, 0.29) is 16.7 Å². The third kappa shape index (κ3) is 18.8. The van der Waals surface area contributed by atoms with E-state index >= 15 is 0 Å². The zero-order chi connectivity index (χ0) is 30.2. The summed E-state index contributed by atoms with van der Waals surface area (Å²) in [6.45, 7) is 9.38. The van der Waals surface area contributed by atoms with E-state index in [1.54, 1.807) is 0 Å². The van der Waals surface area contributed by atoms with Gasteiger partial charge in [-0.2, -0.15) is 0 Å². The van der Waals surface area contributed by atoms with Crippen LogP contribution in [0.1, 0.15) is 149 Å². The molecule has 0 bridgehead atoms. The summed E-state index contributed by atoms with van der Waals surface area (Å²) >= 11 is 0. The van der Waals surface area contributed by atoms with Crippen molar-refractivity contribution in [2.24, 2.45) is 11.8 Å². The Balaban J connectivity index is 4.74. The van der Waals surface area contributed by atoms with Crippen molar-refractivity contribution in [2.45, 2.75) is 149 Å². The minimum Gasteiger partial charge on any atom is -0.478 e. The van der Waals surface area contributed by atoms with E-state index in [0.717, 1.165) is 38.5 Å². The summed E-state index contributed by atoms with van der Waals surface area (Å²) < 4.78 is 0. The normalized spacial score (nSPS) is 13.7. The highest BCUT2D eigenvalue weighted by Gasteiger charge is 2.24. The molecule has 0 aromatic carbocycles. The van der Waals surface area contributed by atoms with Crippen LogP contribution in [0.3, 0.4) is 0 Å². The number of rotatable bonds is 27. The molecule has 0 saturated carbocycles. The Morgan fingerprint density at radius 3 is 1.32 bits per heavy atom. The van der Waals surface area contributed by atoms with Crippen LogP contribution in [-0.2, 0) is 14.4 Å². The van der Waals surface area contributed by atoms with Gasteiger partial charge >= 0.3 is 17.9 Å². The summed E-state index contributed by atoms with van der Waals surface area (Å²) in [4.78, 5) is 35.3. The van der Waals surface area contributed by atoms with Crippen LogP contribution in [0.2, 0.25) is 0 Å². The number of unbranched alkanes of at least 4 members (excludes halogenated alkanes) is 16. The molecule has 0 aliphatic rings. The molecule has 40 heavy (non-hydrogen) atoms. The molecule has 6 nitrogen and oxygen atoms in total. The topological polar surface area (TPSA) is 112 Å². The summed E-state index contributed by atoms with van der Waals surface area (Å²) in [7, 11) is 0. The van der Waals surface area contributed by atoms with Crippen molar-refractivity contribution in [3.8, 4) is 0 Å². The van der Waals surface area contributed by atoms with Crippen LogP contribution in [0.15, 0.2) is 35.5 Å². The Kier molecular flexibility index (Phi) is 23.0. The maximum atomic E-state index is 12.2. The Morgan fingerprint density at radius 2 is 0.950 bits per heavy atom. The highest BCUT2D eigenvalue weighted by Crippen LogP contribution is 2.28. The van der Waals surface area contributed by atoms with Crippen LogP contribution in [0.25, 0.3) is 0 Å². The lowest BCUT2D eigenvalue weighted by molar-refractivity contribution is -0.134. The maximum absolute atomic E-state index is 12.2. The minimum absolute atomic E-state index is 0.0349. The zero-order valence-electron chi connectivity index (χ0n) is 25.7. The van der Waals surface area contributed by atoms with Crippen LogP contribution in [0.4, 0.5) is 0 Å². The van der Waals surface area contributed by atoms with Crippen LogP contribution >= 0.6 is 0 Å².